The van der Waals surface area contributed by atoms with E-state index in [9.17, 15) is 4.79 Å². The fourth-order valence-electron chi connectivity index (χ4n) is 2.87. The van der Waals surface area contributed by atoms with Gasteiger partial charge in [-0.05, 0) is 44.6 Å². The quantitative estimate of drug-likeness (QED) is 0.765. The van der Waals surface area contributed by atoms with Crippen molar-refractivity contribution in [3.05, 3.63) is 0 Å². The van der Waals surface area contributed by atoms with Crippen LogP contribution in [0.15, 0.2) is 0 Å². The molecule has 0 saturated heterocycles. The van der Waals surface area contributed by atoms with E-state index >= 15 is 0 Å². The molecule has 4 atom stereocenters. The Kier molecular flexibility index (Phi) is 6.69. The summed E-state index contributed by atoms with van der Waals surface area (Å²) in [5.74, 6) is 1.71. The molecule has 18 heavy (non-hydrogen) atoms. The Morgan fingerprint density at radius 3 is 2.72 bits per heavy atom. The van der Waals surface area contributed by atoms with Gasteiger partial charge in [-0.25, -0.2) is 0 Å². The van der Waals surface area contributed by atoms with Crippen molar-refractivity contribution >= 4 is 5.91 Å². The fraction of sp³-hybridized carbons (Fsp3) is 0.933. The van der Waals surface area contributed by atoms with Crippen molar-refractivity contribution in [2.24, 2.45) is 23.5 Å². The van der Waals surface area contributed by atoms with E-state index in [1.807, 2.05) is 0 Å². The lowest BCUT2D eigenvalue weighted by molar-refractivity contribution is -0.127. The first kappa shape index (κ1) is 15.5. The molecule has 1 aliphatic carbocycles. The van der Waals surface area contributed by atoms with Crippen LogP contribution in [-0.2, 0) is 4.79 Å². The molecule has 1 saturated carbocycles. The van der Waals surface area contributed by atoms with Crippen LogP contribution in [-0.4, -0.2) is 18.5 Å². The van der Waals surface area contributed by atoms with Gasteiger partial charge in [-0.1, -0.05) is 33.1 Å². The Bertz CT molecular complexity index is 253. The highest BCUT2D eigenvalue weighted by Crippen LogP contribution is 2.31. The lowest BCUT2D eigenvalue weighted by Gasteiger charge is -2.30. The summed E-state index contributed by atoms with van der Waals surface area (Å²) in [6, 6.07) is 0.289. The number of nitrogens with one attached hydrogen (secondary N) is 1. The first-order valence-corrected chi connectivity index (χ1v) is 7.58. The van der Waals surface area contributed by atoms with Gasteiger partial charge < -0.3 is 11.1 Å². The average Bonchev–Trinajstić information content (AvgIpc) is 2.38. The molecule has 3 nitrogen and oxygen atoms in total. The molecule has 1 aliphatic rings. The highest BCUT2D eigenvalue weighted by Gasteiger charge is 2.27. The van der Waals surface area contributed by atoms with E-state index < -0.39 is 0 Å². The number of hydrogen-bond acceptors (Lipinski definition) is 2. The molecule has 3 heteroatoms. The van der Waals surface area contributed by atoms with Gasteiger partial charge in [-0.3, -0.25) is 4.79 Å². The Morgan fingerprint density at radius 2 is 2.11 bits per heavy atom. The van der Waals surface area contributed by atoms with Crippen molar-refractivity contribution in [3.8, 4) is 0 Å². The Morgan fingerprint density at radius 1 is 1.39 bits per heavy atom. The van der Waals surface area contributed by atoms with Gasteiger partial charge in [0.2, 0.25) is 5.91 Å². The summed E-state index contributed by atoms with van der Waals surface area (Å²) in [6.45, 7) is 7.24. The Labute approximate surface area is 112 Å². The van der Waals surface area contributed by atoms with E-state index in [1.54, 1.807) is 0 Å². The smallest absolute Gasteiger partial charge is 0.223 e. The molecule has 0 spiro atoms. The van der Waals surface area contributed by atoms with Crippen LogP contribution >= 0.6 is 0 Å². The standard InChI is InChI=1S/C15H30N2O/c1-4-11(2)12(3)17-15(18)14-7-5-6-13(10-14)8-9-16/h11-14H,4-10,16H2,1-3H3,(H,17,18). The van der Waals surface area contributed by atoms with Crippen LogP contribution in [0, 0.1) is 17.8 Å². The topological polar surface area (TPSA) is 55.1 Å². The van der Waals surface area contributed by atoms with Gasteiger partial charge in [0.1, 0.15) is 0 Å². The summed E-state index contributed by atoms with van der Waals surface area (Å²) in [4.78, 5) is 12.2. The maximum absolute atomic E-state index is 12.2. The highest BCUT2D eigenvalue weighted by molar-refractivity contribution is 5.79. The SMILES string of the molecule is CCC(C)C(C)NC(=O)C1CCCC(CCN)C1. The van der Waals surface area contributed by atoms with Gasteiger partial charge in [0.05, 0.1) is 0 Å². The van der Waals surface area contributed by atoms with Gasteiger partial charge >= 0.3 is 0 Å². The zero-order valence-electron chi connectivity index (χ0n) is 12.2. The molecule has 106 valence electrons. The van der Waals surface area contributed by atoms with Crippen LogP contribution in [0.2, 0.25) is 0 Å². The first-order chi connectivity index (χ1) is 8.58. The van der Waals surface area contributed by atoms with E-state index in [4.69, 9.17) is 5.73 Å². The summed E-state index contributed by atoms with van der Waals surface area (Å²) < 4.78 is 0. The highest BCUT2D eigenvalue weighted by atomic mass is 16.1. The second kappa shape index (κ2) is 7.78. The Balaban J connectivity index is 2.41. The minimum absolute atomic E-state index is 0.224. The van der Waals surface area contributed by atoms with E-state index in [0.717, 1.165) is 32.2 Å². The number of carbonyl (C=O) groups is 1. The van der Waals surface area contributed by atoms with E-state index in [-0.39, 0.29) is 17.9 Å². The molecule has 4 unspecified atom stereocenters. The largest absolute Gasteiger partial charge is 0.353 e. The molecule has 0 aliphatic heterocycles. The van der Waals surface area contributed by atoms with Gasteiger partial charge in [-0.15, -0.1) is 0 Å². The monoisotopic (exact) mass is 254 g/mol. The average molecular weight is 254 g/mol. The third-order valence-corrected chi connectivity index (χ3v) is 4.60. The summed E-state index contributed by atoms with van der Waals surface area (Å²) in [5.41, 5.74) is 5.62. The van der Waals surface area contributed by atoms with E-state index in [1.165, 1.54) is 12.8 Å². The van der Waals surface area contributed by atoms with Gasteiger partial charge in [0.25, 0.3) is 0 Å². The predicted molar refractivity (Wildman–Crippen MR) is 76.2 cm³/mol. The molecule has 1 fully saturated rings. The van der Waals surface area contributed by atoms with Crippen LogP contribution in [0.5, 0.6) is 0 Å². The number of nitrogens with two attached hydrogens (primary N) is 1. The van der Waals surface area contributed by atoms with Crippen molar-refractivity contribution in [2.75, 3.05) is 6.54 Å². The molecule has 0 aromatic carbocycles. The molecule has 0 aromatic rings. The lowest BCUT2D eigenvalue weighted by atomic mass is 9.79. The first-order valence-electron chi connectivity index (χ1n) is 7.58. The van der Waals surface area contributed by atoms with Crippen LogP contribution in [0.3, 0.4) is 0 Å². The summed E-state index contributed by atoms with van der Waals surface area (Å²) >= 11 is 0. The van der Waals surface area contributed by atoms with Crippen LogP contribution in [0.4, 0.5) is 0 Å². The molecule has 0 radical (unpaired) electrons. The maximum atomic E-state index is 12.2. The molecule has 0 bridgehead atoms. The van der Waals surface area contributed by atoms with Crippen molar-refractivity contribution in [1.29, 1.82) is 0 Å². The van der Waals surface area contributed by atoms with Crippen LogP contribution in [0.1, 0.15) is 59.3 Å². The third kappa shape index (κ3) is 4.60. The Hall–Kier alpha value is -0.570. The zero-order valence-corrected chi connectivity index (χ0v) is 12.2. The van der Waals surface area contributed by atoms with E-state index in [2.05, 4.69) is 26.1 Å². The van der Waals surface area contributed by atoms with Crippen LogP contribution in [0.25, 0.3) is 0 Å². The fourth-order valence-corrected chi connectivity index (χ4v) is 2.87. The third-order valence-electron chi connectivity index (χ3n) is 4.60. The summed E-state index contributed by atoms with van der Waals surface area (Å²) in [7, 11) is 0. The van der Waals surface area contributed by atoms with Crippen molar-refractivity contribution in [3.63, 3.8) is 0 Å². The molecule has 1 amide bonds. The second-order valence-electron chi connectivity index (χ2n) is 5.99. The second-order valence-corrected chi connectivity index (χ2v) is 5.99. The zero-order chi connectivity index (χ0) is 13.5. The number of hydrogen-bond donors (Lipinski definition) is 2. The van der Waals surface area contributed by atoms with Crippen LogP contribution < -0.4 is 11.1 Å². The summed E-state index contributed by atoms with van der Waals surface area (Å²) in [5, 5.41) is 3.19. The number of rotatable bonds is 6. The van der Waals surface area contributed by atoms with E-state index in [0.29, 0.717) is 11.8 Å². The maximum Gasteiger partial charge on any atom is 0.223 e. The van der Waals surface area contributed by atoms with Crippen molar-refractivity contribution < 1.29 is 4.79 Å². The minimum Gasteiger partial charge on any atom is -0.353 e. The normalized spacial score (nSPS) is 27.6. The minimum atomic E-state index is 0.224. The van der Waals surface area contributed by atoms with Gasteiger partial charge in [-0.2, -0.15) is 0 Å². The van der Waals surface area contributed by atoms with Crippen molar-refractivity contribution in [2.45, 2.75) is 65.3 Å². The number of carbonyl (C=O) groups excluding carboxylic acids is 1. The van der Waals surface area contributed by atoms with Gasteiger partial charge in [0.15, 0.2) is 0 Å². The predicted octanol–water partition coefficient (Wildman–Crippen LogP) is 2.69. The van der Waals surface area contributed by atoms with Crippen molar-refractivity contribution in [1.82, 2.24) is 5.32 Å². The summed E-state index contributed by atoms with van der Waals surface area (Å²) in [6.07, 6.45) is 6.71. The van der Waals surface area contributed by atoms with Gasteiger partial charge in [0, 0.05) is 12.0 Å². The molecule has 3 N–H and O–H groups in total. The molecule has 0 heterocycles. The number of amides is 1. The molecule has 0 aromatic heterocycles. The molecular weight excluding hydrogens is 224 g/mol. The lowest BCUT2D eigenvalue weighted by Crippen LogP contribution is -2.41. The molecular formula is C15H30N2O. The molecule has 1 rings (SSSR count).